The molecule has 0 aromatic carbocycles. The van der Waals surface area contributed by atoms with Crippen LogP contribution in [0.5, 0.6) is 0 Å². The van der Waals surface area contributed by atoms with E-state index in [2.05, 4.69) is 9.97 Å². The molecular formula is C6H4Cl3N3. The first kappa shape index (κ1) is 9.58. The Balaban J connectivity index is 0.000000720. The van der Waals surface area contributed by atoms with E-state index >= 15 is 0 Å². The van der Waals surface area contributed by atoms with Gasteiger partial charge in [-0.05, 0) is 0 Å². The van der Waals surface area contributed by atoms with Crippen molar-refractivity contribution in [1.82, 2.24) is 14.4 Å². The van der Waals surface area contributed by atoms with E-state index < -0.39 is 0 Å². The molecule has 0 amide bonds. The maximum absolute atomic E-state index is 5.80. The molecule has 0 unspecified atom stereocenters. The molecule has 6 heteroatoms. The van der Waals surface area contributed by atoms with Gasteiger partial charge in [-0.1, -0.05) is 23.2 Å². The zero-order valence-corrected chi connectivity index (χ0v) is 8.07. The fraction of sp³-hybridized carbons (Fsp3) is 0. The molecule has 12 heavy (non-hydrogen) atoms. The summed E-state index contributed by atoms with van der Waals surface area (Å²) >= 11 is 11.4. The monoisotopic (exact) mass is 223 g/mol. The summed E-state index contributed by atoms with van der Waals surface area (Å²) in [5.41, 5.74) is 0. The Morgan fingerprint density at radius 1 is 1.33 bits per heavy atom. The van der Waals surface area contributed by atoms with E-state index in [1.54, 1.807) is 22.9 Å². The van der Waals surface area contributed by atoms with E-state index in [0.717, 1.165) is 0 Å². The second-order valence-corrected chi connectivity index (χ2v) is 2.77. The van der Waals surface area contributed by atoms with Crippen molar-refractivity contribution in [2.24, 2.45) is 0 Å². The topological polar surface area (TPSA) is 30.2 Å². The molecule has 0 aliphatic carbocycles. The summed E-state index contributed by atoms with van der Waals surface area (Å²) in [6, 6.07) is 1.57. The van der Waals surface area contributed by atoms with Gasteiger partial charge in [0, 0.05) is 18.5 Å². The predicted octanol–water partition coefficient (Wildman–Crippen LogP) is 2.46. The maximum Gasteiger partial charge on any atom is 0.236 e. The lowest BCUT2D eigenvalue weighted by Crippen LogP contribution is -1.88. The van der Waals surface area contributed by atoms with Gasteiger partial charge in [0.05, 0.1) is 0 Å². The fourth-order valence-electron chi connectivity index (χ4n) is 0.841. The molecule has 2 heterocycles. The maximum atomic E-state index is 5.80. The van der Waals surface area contributed by atoms with Gasteiger partial charge >= 0.3 is 0 Å². The largest absolute Gasteiger partial charge is 0.274 e. The van der Waals surface area contributed by atoms with Crippen LogP contribution in [0.2, 0.25) is 10.3 Å². The van der Waals surface area contributed by atoms with Gasteiger partial charge in [-0.3, -0.25) is 4.40 Å². The summed E-state index contributed by atoms with van der Waals surface area (Å²) in [7, 11) is 0. The number of imidazole rings is 1. The van der Waals surface area contributed by atoms with E-state index in [0.29, 0.717) is 16.1 Å². The van der Waals surface area contributed by atoms with Crippen molar-refractivity contribution in [2.45, 2.75) is 0 Å². The zero-order valence-electron chi connectivity index (χ0n) is 5.74. The quantitative estimate of drug-likeness (QED) is 0.644. The van der Waals surface area contributed by atoms with Gasteiger partial charge in [0.15, 0.2) is 0 Å². The zero-order chi connectivity index (χ0) is 7.84. The number of nitrogens with zero attached hydrogens (tertiary/aromatic N) is 3. The SMILES string of the molecule is Cl.Clc1cc(Cl)n2ccnc2n1. The van der Waals surface area contributed by atoms with Gasteiger partial charge in [-0.25, -0.2) is 9.97 Å². The first-order valence-electron chi connectivity index (χ1n) is 2.92. The van der Waals surface area contributed by atoms with Crippen LogP contribution < -0.4 is 0 Å². The lowest BCUT2D eigenvalue weighted by molar-refractivity contribution is 1.11. The fourth-order valence-corrected chi connectivity index (χ4v) is 1.31. The van der Waals surface area contributed by atoms with Gasteiger partial charge < -0.3 is 0 Å². The molecule has 0 N–H and O–H groups in total. The van der Waals surface area contributed by atoms with Crippen molar-refractivity contribution in [2.75, 3.05) is 0 Å². The highest BCUT2D eigenvalue weighted by molar-refractivity contribution is 6.33. The minimum absolute atomic E-state index is 0. The lowest BCUT2D eigenvalue weighted by atomic mass is 10.6. The summed E-state index contributed by atoms with van der Waals surface area (Å²) in [4.78, 5) is 7.85. The smallest absolute Gasteiger partial charge is 0.236 e. The summed E-state index contributed by atoms with van der Waals surface area (Å²) in [5.74, 6) is 0.516. The Morgan fingerprint density at radius 2 is 2.08 bits per heavy atom. The van der Waals surface area contributed by atoms with Crippen LogP contribution in [0.4, 0.5) is 0 Å². The highest BCUT2D eigenvalue weighted by atomic mass is 35.5. The standard InChI is InChI=1S/C6H3Cl2N3.ClH/c7-4-3-5(8)11-2-1-9-6(11)10-4;/h1-3H;1H. The molecule has 0 saturated carbocycles. The van der Waals surface area contributed by atoms with Crippen LogP contribution in [0.3, 0.4) is 0 Å². The molecule has 2 aromatic heterocycles. The molecular weight excluding hydrogens is 220 g/mol. The van der Waals surface area contributed by atoms with Gasteiger partial charge in [0.2, 0.25) is 5.78 Å². The molecule has 64 valence electrons. The summed E-state index contributed by atoms with van der Waals surface area (Å²) in [6.07, 6.45) is 3.34. The van der Waals surface area contributed by atoms with E-state index in [9.17, 15) is 0 Å². The highest BCUT2D eigenvalue weighted by Gasteiger charge is 2.00. The molecule has 0 bridgehead atoms. The highest BCUT2D eigenvalue weighted by Crippen LogP contribution is 2.14. The third-order valence-electron chi connectivity index (χ3n) is 1.30. The average molecular weight is 224 g/mol. The molecule has 0 atom stereocenters. The Labute approximate surface area is 84.7 Å². The molecule has 0 radical (unpaired) electrons. The Hall–Kier alpha value is -0.510. The molecule has 0 saturated heterocycles. The van der Waals surface area contributed by atoms with Crippen LogP contribution in [0, 0.1) is 0 Å². The molecule has 2 rings (SSSR count). The normalized spacial score (nSPS) is 9.83. The number of hydrogen-bond donors (Lipinski definition) is 0. The van der Waals surface area contributed by atoms with Crippen molar-refractivity contribution in [3.8, 4) is 0 Å². The van der Waals surface area contributed by atoms with E-state index in [-0.39, 0.29) is 12.4 Å². The van der Waals surface area contributed by atoms with Crippen molar-refractivity contribution in [3.63, 3.8) is 0 Å². The molecule has 0 aliphatic heterocycles. The van der Waals surface area contributed by atoms with E-state index in [1.807, 2.05) is 0 Å². The van der Waals surface area contributed by atoms with Gasteiger partial charge in [0.25, 0.3) is 0 Å². The van der Waals surface area contributed by atoms with E-state index in [4.69, 9.17) is 23.2 Å². The molecule has 2 aromatic rings. The molecule has 0 fully saturated rings. The summed E-state index contributed by atoms with van der Waals surface area (Å²) in [6.45, 7) is 0. The third-order valence-corrected chi connectivity index (χ3v) is 1.78. The average Bonchev–Trinajstić information content (AvgIpc) is 2.34. The Morgan fingerprint density at radius 3 is 2.83 bits per heavy atom. The number of aromatic nitrogens is 3. The van der Waals surface area contributed by atoms with Gasteiger partial charge in [-0.15, -0.1) is 12.4 Å². The number of fused-ring (bicyclic) bond motifs is 1. The second-order valence-electron chi connectivity index (χ2n) is 2.00. The summed E-state index contributed by atoms with van der Waals surface area (Å²) in [5, 5.41) is 0.867. The van der Waals surface area contributed by atoms with Crippen LogP contribution in [0.25, 0.3) is 5.78 Å². The van der Waals surface area contributed by atoms with Crippen molar-refractivity contribution >= 4 is 41.4 Å². The van der Waals surface area contributed by atoms with Crippen molar-refractivity contribution in [1.29, 1.82) is 0 Å². The molecule has 0 spiro atoms. The first-order chi connectivity index (χ1) is 5.27. The van der Waals surface area contributed by atoms with Crippen LogP contribution >= 0.6 is 35.6 Å². The Bertz CT molecular complexity index is 398. The minimum atomic E-state index is 0. The number of rotatable bonds is 0. The van der Waals surface area contributed by atoms with Crippen molar-refractivity contribution in [3.05, 3.63) is 28.8 Å². The number of halogens is 3. The first-order valence-corrected chi connectivity index (χ1v) is 3.68. The van der Waals surface area contributed by atoms with Crippen LogP contribution in [-0.2, 0) is 0 Å². The van der Waals surface area contributed by atoms with Crippen LogP contribution in [0.1, 0.15) is 0 Å². The van der Waals surface area contributed by atoms with Crippen LogP contribution in [0.15, 0.2) is 18.5 Å². The second kappa shape index (κ2) is 3.47. The predicted molar refractivity (Wildman–Crippen MR) is 50.3 cm³/mol. The van der Waals surface area contributed by atoms with Gasteiger partial charge in [-0.2, -0.15) is 0 Å². The number of hydrogen-bond acceptors (Lipinski definition) is 2. The minimum Gasteiger partial charge on any atom is -0.274 e. The van der Waals surface area contributed by atoms with E-state index in [1.165, 1.54) is 0 Å². The molecule has 3 nitrogen and oxygen atoms in total. The summed E-state index contributed by atoms with van der Waals surface area (Å²) < 4.78 is 1.65. The van der Waals surface area contributed by atoms with Crippen molar-refractivity contribution < 1.29 is 0 Å². The Kier molecular flexibility index (Phi) is 2.77. The van der Waals surface area contributed by atoms with Gasteiger partial charge in [0.1, 0.15) is 10.3 Å². The molecule has 0 aliphatic rings. The third kappa shape index (κ3) is 1.48. The lowest BCUT2D eigenvalue weighted by Gasteiger charge is -1.95. The van der Waals surface area contributed by atoms with Crippen LogP contribution in [-0.4, -0.2) is 14.4 Å².